The molecule has 0 bridgehead atoms. The summed E-state index contributed by atoms with van der Waals surface area (Å²) in [4.78, 5) is 28.4. The second-order valence-corrected chi connectivity index (χ2v) is 8.82. The number of nitrogens with zero attached hydrogens (tertiary/aromatic N) is 2. The van der Waals surface area contributed by atoms with Crippen molar-refractivity contribution in [2.45, 2.75) is 17.7 Å². The summed E-state index contributed by atoms with van der Waals surface area (Å²) in [5, 5.41) is 0. The van der Waals surface area contributed by atoms with Crippen molar-refractivity contribution in [3.8, 4) is 0 Å². The van der Waals surface area contributed by atoms with Crippen molar-refractivity contribution in [2.24, 2.45) is 0 Å². The van der Waals surface area contributed by atoms with Crippen LogP contribution in [0, 0.1) is 0 Å². The molecule has 0 spiro atoms. The molecule has 2 aromatic carbocycles. The number of anilines is 1. The lowest BCUT2D eigenvalue weighted by Crippen LogP contribution is -2.42. The molecule has 2 heterocycles. The van der Waals surface area contributed by atoms with E-state index < -0.39 is 21.8 Å². The van der Waals surface area contributed by atoms with Gasteiger partial charge in [0.1, 0.15) is 5.69 Å². The van der Waals surface area contributed by atoms with Crippen LogP contribution in [0.4, 0.5) is 5.69 Å². The van der Waals surface area contributed by atoms with Gasteiger partial charge in [0.25, 0.3) is 21.8 Å². The van der Waals surface area contributed by atoms with E-state index in [1.807, 2.05) is 12.1 Å². The quantitative estimate of drug-likeness (QED) is 0.610. The molecule has 2 N–H and O–H groups in total. The van der Waals surface area contributed by atoms with Gasteiger partial charge in [0.2, 0.25) is 0 Å². The van der Waals surface area contributed by atoms with Crippen LogP contribution in [0.1, 0.15) is 32.8 Å². The lowest BCUT2D eigenvalue weighted by molar-refractivity contribution is 0.0844. The summed E-state index contributed by atoms with van der Waals surface area (Å²) in [5.41, 5.74) is 6.43. The number of hydrogen-bond acceptors (Lipinski definition) is 5. The molecule has 1 aliphatic rings. The van der Waals surface area contributed by atoms with Gasteiger partial charge in [-0.05, 0) is 54.8 Å². The van der Waals surface area contributed by atoms with Crippen LogP contribution in [-0.2, 0) is 16.4 Å². The van der Waals surface area contributed by atoms with Gasteiger partial charge in [-0.2, -0.15) is 0 Å². The maximum atomic E-state index is 13.3. The summed E-state index contributed by atoms with van der Waals surface area (Å²) in [7, 11) is -3.85. The van der Waals surface area contributed by atoms with Crippen molar-refractivity contribution in [1.29, 1.82) is 0 Å². The summed E-state index contributed by atoms with van der Waals surface area (Å²) in [6.45, 7) is 0.371. The smallest absolute Gasteiger partial charge is 0.267 e. The highest BCUT2D eigenvalue weighted by Crippen LogP contribution is 2.31. The highest BCUT2D eigenvalue weighted by molar-refractivity contribution is 7.92. The lowest BCUT2D eigenvalue weighted by atomic mass is 10.0. The molecular formula is C22H20N4O4S. The van der Waals surface area contributed by atoms with Crippen molar-refractivity contribution < 1.29 is 18.0 Å². The molecule has 0 fully saturated rings. The Kier molecular flexibility index (Phi) is 5.68. The summed E-state index contributed by atoms with van der Waals surface area (Å²) < 4.78 is 28.0. The monoisotopic (exact) mass is 436 g/mol. The molecule has 8 nitrogen and oxygen atoms in total. The van der Waals surface area contributed by atoms with E-state index in [0.29, 0.717) is 12.2 Å². The van der Waals surface area contributed by atoms with Gasteiger partial charge in [-0.15, -0.1) is 0 Å². The number of nitrogens with one attached hydrogen (secondary N) is 2. The largest absolute Gasteiger partial charge is 0.288 e. The Balaban J connectivity index is 1.53. The van der Waals surface area contributed by atoms with Crippen molar-refractivity contribution in [1.82, 2.24) is 15.8 Å². The Hall–Kier alpha value is -3.72. The molecule has 9 heteroatoms. The highest BCUT2D eigenvalue weighted by Gasteiger charge is 2.29. The summed E-state index contributed by atoms with van der Waals surface area (Å²) >= 11 is 0. The number of sulfonamides is 1. The standard InChI is InChI=1S/C22H20N4O4S/c27-21(24-25-22(28)19-11-3-4-13-23-19)17-8-5-10-18(15-17)31(29,30)26-14-6-9-16-7-1-2-12-20(16)26/h1-5,7-8,10-13,15H,6,9,14H2,(H,24,27)(H,25,28). The first-order chi connectivity index (χ1) is 15.0. The van der Waals surface area contributed by atoms with E-state index in [1.165, 1.54) is 40.8 Å². The van der Waals surface area contributed by atoms with Crippen LogP contribution in [0.2, 0.25) is 0 Å². The zero-order valence-electron chi connectivity index (χ0n) is 16.5. The van der Waals surface area contributed by atoms with Gasteiger partial charge in [-0.1, -0.05) is 30.3 Å². The summed E-state index contributed by atoms with van der Waals surface area (Å²) in [5.74, 6) is -1.22. The maximum Gasteiger partial charge on any atom is 0.288 e. The fraction of sp³-hybridized carbons (Fsp3) is 0.136. The SMILES string of the molecule is O=C(NNC(=O)c1ccccn1)c1cccc(S(=O)(=O)N2CCCc3ccccc32)c1. The number of carbonyl (C=O) groups is 2. The number of pyridine rings is 1. The molecule has 1 aromatic heterocycles. The van der Waals surface area contributed by atoms with Gasteiger partial charge >= 0.3 is 0 Å². The molecule has 0 saturated carbocycles. The molecule has 2 amide bonds. The number of rotatable bonds is 4. The van der Waals surface area contributed by atoms with E-state index in [0.717, 1.165) is 18.4 Å². The van der Waals surface area contributed by atoms with Crippen molar-refractivity contribution >= 4 is 27.5 Å². The van der Waals surface area contributed by atoms with E-state index in [4.69, 9.17) is 0 Å². The zero-order chi connectivity index (χ0) is 21.8. The van der Waals surface area contributed by atoms with Crippen molar-refractivity contribution in [3.63, 3.8) is 0 Å². The van der Waals surface area contributed by atoms with E-state index >= 15 is 0 Å². The predicted molar refractivity (Wildman–Crippen MR) is 115 cm³/mol. The fourth-order valence-corrected chi connectivity index (χ4v) is 5.01. The molecule has 0 atom stereocenters. The fourth-order valence-electron chi connectivity index (χ4n) is 3.42. The van der Waals surface area contributed by atoms with Crippen molar-refractivity contribution in [2.75, 3.05) is 10.8 Å². The molecular weight excluding hydrogens is 416 g/mol. The highest BCUT2D eigenvalue weighted by atomic mass is 32.2. The second kappa shape index (κ2) is 8.57. The minimum Gasteiger partial charge on any atom is -0.267 e. The normalized spacial score (nSPS) is 13.2. The number of aromatic nitrogens is 1. The van der Waals surface area contributed by atoms with Crippen LogP contribution in [0.3, 0.4) is 0 Å². The van der Waals surface area contributed by atoms with Crippen LogP contribution in [0.25, 0.3) is 0 Å². The minimum atomic E-state index is -3.85. The molecule has 0 radical (unpaired) electrons. The molecule has 0 aliphatic carbocycles. The van der Waals surface area contributed by atoms with Crippen LogP contribution >= 0.6 is 0 Å². The van der Waals surface area contributed by atoms with Crippen LogP contribution in [0.15, 0.2) is 77.8 Å². The molecule has 31 heavy (non-hydrogen) atoms. The Bertz CT molecular complexity index is 1230. The maximum absolute atomic E-state index is 13.3. The number of para-hydroxylation sites is 1. The third-order valence-corrected chi connectivity index (χ3v) is 6.75. The number of carbonyl (C=O) groups excluding carboxylic acids is 2. The second-order valence-electron chi connectivity index (χ2n) is 6.96. The Labute approximate surface area is 179 Å². The Morgan fingerprint density at radius 3 is 2.48 bits per heavy atom. The first kappa shape index (κ1) is 20.5. The van der Waals surface area contributed by atoms with Gasteiger partial charge in [0.15, 0.2) is 0 Å². The number of amides is 2. The summed E-state index contributed by atoms with van der Waals surface area (Å²) in [6.07, 6.45) is 3.00. The predicted octanol–water partition coefficient (Wildman–Crippen LogP) is 2.30. The number of fused-ring (bicyclic) bond motifs is 1. The average Bonchev–Trinajstić information content (AvgIpc) is 2.82. The molecule has 4 rings (SSSR count). The van der Waals surface area contributed by atoms with Gasteiger partial charge in [0.05, 0.1) is 10.6 Å². The topological polar surface area (TPSA) is 108 Å². The molecule has 158 valence electrons. The van der Waals surface area contributed by atoms with Crippen molar-refractivity contribution in [3.05, 3.63) is 89.7 Å². The first-order valence-electron chi connectivity index (χ1n) is 9.69. The van der Waals surface area contributed by atoms with Crippen LogP contribution in [0.5, 0.6) is 0 Å². The number of hydrazine groups is 1. The zero-order valence-corrected chi connectivity index (χ0v) is 17.3. The number of benzene rings is 2. The molecule has 1 aliphatic heterocycles. The van der Waals surface area contributed by atoms with E-state index in [9.17, 15) is 18.0 Å². The summed E-state index contributed by atoms with van der Waals surface area (Å²) in [6, 6.07) is 18.0. The minimum absolute atomic E-state index is 0.00732. The average molecular weight is 436 g/mol. The van der Waals surface area contributed by atoms with Gasteiger partial charge in [-0.3, -0.25) is 29.7 Å². The molecule has 3 aromatic rings. The van der Waals surface area contributed by atoms with E-state index in [1.54, 1.807) is 24.3 Å². The van der Waals surface area contributed by atoms with E-state index in [-0.39, 0.29) is 16.2 Å². The van der Waals surface area contributed by atoms with E-state index in [2.05, 4.69) is 15.8 Å². The molecule has 0 unspecified atom stereocenters. The van der Waals surface area contributed by atoms with Crippen LogP contribution in [-0.4, -0.2) is 31.8 Å². The third kappa shape index (κ3) is 4.26. The van der Waals surface area contributed by atoms with Gasteiger partial charge < -0.3 is 0 Å². The Morgan fingerprint density at radius 1 is 0.903 bits per heavy atom. The lowest BCUT2D eigenvalue weighted by Gasteiger charge is -2.30. The first-order valence-corrected chi connectivity index (χ1v) is 11.1. The van der Waals surface area contributed by atoms with Crippen LogP contribution < -0.4 is 15.2 Å². The third-order valence-electron chi connectivity index (χ3n) is 4.94. The molecule has 0 saturated heterocycles. The number of aryl methyl sites for hydroxylation is 1. The number of hydrogen-bond donors (Lipinski definition) is 2. The Morgan fingerprint density at radius 2 is 1.68 bits per heavy atom. The van der Waals surface area contributed by atoms with Gasteiger partial charge in [0, 0.05) is 18.3 Å². The van der Waals surface area contributed by atoms with Gasteiger partial charge in [-0.25, -0.2) is 8.42 Å².